The van der Waals surface area contributed by atoms with Crippen molar-refractivity contribution >= 4 is 5.96 Å². The maximum absolute atomic E-state index is 5.93. The summed E-state index contributed by atoms with van der Waals surface area (Å²) < 4.78 is 11.0. The van der Waals surface area contributed by atoms with E-state index >= 15 is 0 Å². The minimum atomic E-state index is 0.403. The van der Waals surface area contributed by atoms with Gasteiger partial charge in [-0.25, -0.2) is 0 Å². The zero-order valence-electron chi connectivity index (χ0n) is 11.9. The quantitative estimate of drug-likeness (QED) is 0.448. The molecule has 2 saturated carbocycles. The third kappa shape index (κ3) is 2.03. The first-order valence-electron chi connectivity index (χ1n) is 7.39. The van der Waals surface area contributed by atoms with Gasteiger partial charge in [-0.15, -0.1) is 0 Å². The number of hydrogen-bond acceptors (Lipinski definition) is 3. The Morgan fingerprint density at radius 2 is 2.32 bits per heavy atom. The summed E-state index contributed by atoms with van der Waals surface area (Å²) in [6, 6.07) is 0.544. The summed E-state index contributed by atoms with van der Waals surface area (Å²) in [6.45, 7) is 2.43. The van der Waals surface area contributed by atoms with Crippen molar-refractivity contribution in [2.24, 2.45) is 16.3 Å². The molecule has 3 unspecified atom stereocenters. The maximum Gasteiger partial charge on any atom is 0.191 e. The number of fused-ring (bicyclic) bond motifs is 2. The number of nitrogens with one attached hydrogen (secondary N) is 2. The number of guanidine groups is 1. The molecule has 0 radical (unpaired) electrons. The number of methoxy groups -OCH3 is 1. The van der Waals surface area contributed by atoms with Gasteiger partial charge in [-0.05, 0) is 19.3 Å². The minimum Gasteiger partial charge on any atom is -0.383 e. The van der Waals surface area contributed by atoms with Gasteiger partial charge in [0.2, 0.25) is 0 Å². The second kappa shape index (κ2) is 5.29. The summed E-state index contributed by atoms with van der Waals surface area (Å²) in [7, 11) is 3.55. The lowest BCUT2D eigenvalue weighted by molar-refractivity contribution is -0.171. The van der Waals surface area contributed by atoms with Gasteiger partial charge < -0.3 is 20.1 Å². The van der Waals surface area contributed by atoms with Gasteiger partial charge in [0.15, 0.2) is 5.96 Å². The van der Waals surface area contributed by atoms with Crippen LogP contribution in [0.1, 0.15) is 25.7 Å². The van der Waals surface area contributed by atoms with Gasteiger partial charge in [-0.1, -0.05) is 6.42 Å². The number of nitrogens with zero attached hydrogens (tertiary/aromatic N) is 1. The number of aliphatic imine (C=N–C) groups is 1. The summed E-state index contributed by atoms with van der Waals surface area (Å²) in [5.41, 5.74) is 0.403. The third-order valence-electron chi connectivity index (χ3n) is 5.15. The normalized spacial score (nSPS) is 35.5. The van der Waals surface area contributed by atoms with Gasteiger partial charge in [-0.2, -0.15) is 0 Å². The van der Waals surface area contributed by atoms with Crippen molar-refractivity contribution < 1.29 is 9.47 Å². The van der Waals surface area contributed by atoms with Crippen LogP contribution < -0.4 is 10.6 Å². The van der Waals surface area contributed by atoms with Gasteiger partial charge in [0.05, 0.1) is 12.7 Å². The molecular weight excluding hydrogens is 242 g/mol. The van der Waals surface area contributed by atoms with Crippen LogP contribution >= 0.6 is 0 Å². The van der Waals surface area contributed by atoms with Crippen LogP contribution in [0, 0.1) is 11.3 Å². The Hall–Kier alpha value is -0.810. The molecule has 0 amide bonds. The van der Waals surface area contributed by atoms with E-state index in [9.17, 15) is 0 Å². The lowest BCUT2D eigenvalue weighted by Crippen LogP contribution is -2.72. The largest absolute Gasteiger partial charge is 0.383 e. The van der Waals surface area contributed by atoms with Crippen LogP contribution in [0.5, 0.6) is 0 Å². The molecule has 1 heterocycles. The van der Waals surface area contributed by atoms with Crippen molar-refractivity contribution in [3.05, 3.63) is 0 Å². The predicted molar refractivity (Wildman–Crippen MR) is 74.3 cm³/mol. The summed E-state index contributed by atoms with van der Waals surface area (Å²) in [5, 5.41) is 6.94. The highest BCUT2D eigenvalue weighted by Crippen LogP contribution is 2.62. The predicted octanol–water partition coefficient (Wildman–Crippen LogP) is 0.755. The van der Waals surface area contributed by atoms with E-state index in [0.717, 1.165) is 19.1 Å². The van der Waals surface area contributed by atoms with Crippen LogP contribution in [0.15, 0.2) is 4.99 Å². The van der Waals surface area contributed by atoms with Gasteiger partial charge >= 0.3 is 0 Å². The highest BCUT2D eigenvalue weighted by Gasteiger charge is 2.66. The lowest BCUT2D eigenvalue weighted by Gasteiger charge is -2.63. The third-order valence-corrected chi connectivity index (χ3v) is 5.15. The second-order valence-electron chi connectivity index (χ2n) is 5.94. The Kier molecular flexibility index (Phi) is 3.67. The molecule has 3 atom stereocenters. The SMILES string of the molecule is CN=C(NCCOC)NC1C2CCOC2C12CCC2. The molecule has 0 aromatic rings. The highest BCUT2D eigenvalue weighted by molar-refractivity contribution is 5.80. The summed E-state index contributed by atoms with van der Waals surface area (Å²) in [5.74, 6) is 1.58. The molecule has 3 aliphatic rings. The van der Waals surface area contributed by atoms with Gasteiger partial charge in [0.25, 0.3) is 0 Å². The second-order valence-corrected chi connectivity index (χ2v) is 5.94. The molecule has 5 nitrogen and oxygen atoms in total. The maximum atomic E-state index is 5.93. The van der Waals surface area contributed by atoms with E-state index in [1.807, 2.05) is 7.05 Å². The van der Waals surface area contributed by atoms with E-state index in [2.05, 4.69) is 15.6 Å². The Labute approximate surface area is 115 Å². The Balaban J connectivity index is 1.59. The first-order chi connectivity index (χ1) is 9.31. The van der Waals surface area contributed by atoms with Gasteiger partial charge in [0.1, 0.15) is 0 Å². The van der Waals surface area contributed by atoms with Gasteiger partial charge in [-0.3, -0.25) is 4.99 Å². The fourth-order valence-corrected chi connectivity index (χ4v) is 4.07. The average molecular weight is 267 g/mol. The van der Waals surface area contributed by atoms with Crippen molar-refractivity contribution in [3.8, 4) is 0 Å². The summed E-state index contributed by atoms with van der Waals surface area (Å²) >= 11 is 0. The smallest absolute Gasteiger partial charge is 0.191 e. The Morgan fingerprint density at radius 1 is 1.47 bits per heavy atom. The van der Waals surface area contributed by atoms with E-state index in [0.29, 0.717) is 30.1 Å². The molecule has 2 N–H and O–H groups in total. The van der Waals surface area contributed by atoms with Gasteiger partial charge in [0, 0.05) is 44.7 Å². The van der Waals surface area contributed by atoms with E-state index in [1.54, 1.807) is 7.11 Å². The molecule has 3 fully saturated rings. The van der Waals surface area contributed by atoms with E-state index in [1.165, 1.54) is 25.7 Å². The number of hydrogen-bond donors (Lipinski definition) is 2. The molecular formula is C14H25N3O2. The molecule has 1 aliphatic heterocycles. The molecule has 1 spiro atoms. The molecule has 108 valence electrons. The molecule has 0 aromatic carbocycles. The van der Waals surface area contributed by atoms with Crippen LogP contribution in [-0.2, 0) is 9.47 Å². The minimum absolute atomic E-state index is 0.403. The van der Waals surface area contributed by atoms with E-state index in [4.69, 9.17) is 9.47 Å². The molecule has 19 heavy (non-hydrogen) atoms. The lowest BCUT2D eigenvalue weighted by atomic mass is 9.46. The van der Waals surface area contributed by atoms with Crippen LogP contribution in [0.3, 0.4) is 0 Å². The van der Waals surface area contributed by atoms with Crippen LogP contribution in [0.25, 0.3) is 0 Å². The topological polar surface area (TPSA) is 54.9 Å². The van der Waals surface area contributed by atoms with Crippen molar-refractivity contribution in [1.29, 1.82) is 0 Å². The number of rotatable bonds is 4. The average Bonchev–Trinajstić information content (AvgIpc) is 2.77. The molecule has 2 aliphatic carbocycles. The van der Waals surface area contributed by atoms with Crippen LogP contribution in [0.4, 0.5) is 0 Å². The number of ether oxygens (including phenoxy) is 2. The monoisotopic (exact) mass is 267 g/mol. The van der Waals surface area contributed by atoms with Crippen molar-refractivity contribution in [3.63, 3.8) is 0 Å². The van der Waals surface area contributed by atoms with E-state index < -0.39 is 0 Å². The Bertz CT molecular complexity index is 355. The van der Waals surface area contributed by atoms with Crippen LogP contribution in [-0.4, -0.2) is 52.0 Å². The summed E-state index contributed by atoms with van der Waals surface area (Å²) in [6.07, 6.45) is 5.66. The zero-order valence-corrected chi connectivity index (χ0v) is 11.9. The highest BCUT2D eigenvalue weighted by atomic mass is 16.5. The molecule has 3 rings (SSSR count). The Morgan fingerprint density at radius 3 is 2.95 bits per heavy atom. The molecule has 0 aromatic heterocycles. The fourth-order valence-electron chi connectivity index (χ4n) is 4.07. The first kappa shape index (κ1) is 13.2. The first-order valence-corrected chi connectivity index (χ1v) is 7.39. The fraction of sp³-hybridized carbons (Fsp3) is 0.929. The zero-order chi connectivity index (χ0) is 13.3. The van der Waals surface area contributed by atoms with Crippen molar-refractivity contribution in [2.75, 3.05) is 33.9 Å². The molecule has 5 heteroatoms. The standard InChI is InChI=1S/C14H25N3O2/c1-15-13(16-7-9-18-2)17-11-10-4-8-19-12(10)14(11)5-3-6-14/h10-12H,3-9H2,1-2H3,(H2,15,16,17). The molecule has 0 bridgehead atoms. The molecule has 1 saturated heterocycles. The van der Waals surface area contributed by atoms with Crippen molar-refractivity contribution in [2.45, 2.75) is 37.8 Å². The van der Waals surface area contributed by atoms with Crippen LogP contribution in [0.2, 0.25) is 0 Å². The van der Waals surface area contributed by atoms with Crippen molar-refractivity contribution in [1.82, 2.24) is 10.6 Å². The van der Waals surface area contributed by atoms with E-state index in [-0.39, 0.29) is 0 Å². The summed E-state index contributed by atoms with van der Waals surface area (Å²) in [4.78, 5) is 4.32.